The molecule has 0 aliphatic rings. The van der Waals surface area contributed by atoms with Crippen LogP contribution in [0.25, 0.3) is 0 Å². The van der Waals surface area contributed by atoms with Gasteiger partial charge in [-0.3, -0.25) is 0 Å². The molecule has 0 bridgehead atoms. The largest absolute Gasteiger partial charge is 0.497 e. The van der Waals surface area contributed by atoms with Gasteiger partial charge in [-0.05, 0) is 67.4 Å². The quantitative estimate of drug-likeness (QED) is 0.290. The van der Waals surface area contributed by atoms with Crippen LogP contribution in [0.4, 0.5) is 4.39 Å². The highest BCUT2D eigenvalue weighted by Gasteiger charge is 2.14. The number of ether oxygens (including phenoxy) is 3. The summed E-state index contributed by atoms with van der Waals surface area (Å²) in [5.74, 6) is 1.59. The fourth-order valence-corrected chi connectivity index (χ4v) is 3.84. The Kier molecular flexibility index (Phi) is 9.21. The summed E-state index contributed by atoms with van der Waals surface area (Å²) in [5, 5.41) is 3.79. The maximum Gasteiger partial charge on any atom is 0.162 e. The van der Waals surface area contributed by atoms with E-state index in [1.807, 2.05) is 31.2 Å². The van der Waals surface area contributed by atoms with E-state index in [2.05, 4.69) is 33.4 Å². The summed E-state index contributed by atoms with van der Waals surface area (Å²) in [5.41, 5.74) is 2.60. The summed E-state index contributed by atoms with van der Waals surface area (Å²) in [6.45, 7) is 3.90. The van der Waals surface area contributed by atoms with Crippen molar-refractivity contribution in [1.82, 2.24) is 5.32 Å². The Bertz CT molecular complexity index is 1010. The Hall–Kier alpha value is -2.28. The fraction of sp³-hybridized carbons (Fsp3) is 0.280. The van der Waals surface area contributed by atoms with Crippen LogP contribution in [-0.2, 0) is 19.6 Å². The standard InChI is InChI=1S/C25H26BrClFNO3/c1-3-31-24-13-18(15-29-12-11-17-7-9-19(30-2)10-8-17)21(26)14-25(24)32-16-20-22(27)5-4-6-23(20)28/h4-10,13-14,29H,3,11-12,15-16H2,1-2H3. The second-order valence-corrected chi connectivity index (χ2v) is 8.35. The summed E-state index contributed by atoms with van der Waals surface area (Å²) < 4.78 is 31.8. The Morgan fingerprint density at radius 3 is 2.47 bits per heavy atom. The van der Waals surface area contributed by atoms with Crippen molar-refractivity contribution in [3.05, 3.63) is 86.6 Å². The average molecular weight is 523 g/mol. The summed E-state index contributed by atoms with van der Waals surface area (Å²) >= 11 is 9.72. The summed E-state index contributed by atoms with van der Waals surface area (Å²) in [7, 11) is 1.66. The highest BCUT2D eigenvalue weighted by Crippen LogP contribution is 2.35. The highest BCUT2D eigenvalue weighted by molar-refractivity contribution is 9.10. The minimum atomic E-state index is -0.396. The van der Waals surface area contributed by atoms with Crippen molar-refractivity contribution in [3.8, 4) is 17.2 Å². The molecule has 0 saturated carbocycles. The van der Waals surface area contributed by atoms with E-state index in [0.29, 0.717) is 35.2 Å². The van der Waals surface area contributed by atoms with Crippen molar-refractivity contribution >= 4 is 27.5 Å². The predicted molar refractivity (Wildman–Crippen MR) is 129 cm³/mol. The van der Waals surface area contributed by atoms with Crippen LogP contribution in [0.5, 0.6) is 17.2 Å². The van der Waals surface area contributed by atoms with Crippen LogP contribution >= 0.6 is 27.5 Å². The van der Waals surface area contributed by atoms with E-state index >= 15 is 0 Å². The lowest BCUT2D eigenvalue weighted by Gasteiger charge is -2.16. The van der Waals surface area contributed by atoms with Gasteiger partial charge in [0.05, 0.1) is 18.7 Å². The second kappa shape index (κ2) is 12.1. The first-order chi connectivity index (χ1) is 15.5. The minimum Gasteiger partial charge on any atom is -0.497 e. The third-order valence-electron chi connectivity index (χ3n) is 4.91. The van der Waals surface area contributed by atoms with E-state index in [0.717, 1.165) is 28.8 Å². The topological polar surface area (TPSA) is 39.7 Å². The third-order valence-corrected chi connectivity index (χ3v) is 6.00. The third kappa shape index (κ3) is 6.61. The van der Waals surface area contributed by atoms with E-state index in [1.54, 1.807) is 19.2 Å². The van der Waals surface area contributed by atoms with E-state index in [9.17, 15) is 4.39 Å². The molecule has 0 amide bonds. The molecule has 0 atom stereocenters. The molecule has 4 nitrogen and oxygen atoms in total. The zero-order chi connectivity index (χ0) is 22.9. The van der Waals surface area contributed by atoms with E-state index < -0.39 is 5.82 Å². The van der Waals surface area contributed by atoms with Crippen LogP contribution in [0.3, 0.4) is 0 Å². The molecule has 0 fully saturated rings. The van der Waals surface area contributed by atoms with Crippen LogP contribution in [0.1, 0.15) is 23.6 Å². The molecule has 170 valence electrons. The van der Waals surface area contributed by atoms with Crippen molar-refractivity contribution < 1.29 is 18.6 Å². The molecule has 0 radical (unpaired) electrons. The molecule has 3 aromatic carbocycles. The lowest BCUT2D eigenvalue weighted by atomic mass is 10.1. The van der Waals surface area contributed by atoms with E-state index in [4.69, 9.17) is 25.8 Å². The Morgan fingerprint density at radius 1 is 1.03 bits per heavy atom. The Morgan fingerprint density at radius 2 is 1.78 bits per heavy atom. The molecule has 32 heavy (non-hydrogen) atoms. The van der Waals surface area contributed by atoms with Crippen molar-refractivity contribution in [2.45, 2.75) is 26.5 Å². The number of benzene rings is 3. The Labute approximate surface area is 201 Å². The van der Waals surface area contributed by atoms with Crippen molar-refractivity contribution in [2.24, 2.45) is 0 Å². The molecule has 7 heteroatoms. The van der Waals surface area contributed by atoms with Gasteiger partial charge in [0.1, 0.15) is 18.2 Å². The van der Waals surface area contributed by atoms with Gasteiger partial charge >= 0.3 is 0 Å². The van der Waals surface area contributed by atoms with Crippen LogP contribution in [0.15, 0.2) is 59.1 Å². The molecule has 0 saturated heterocycles. The Balaban J connectivity index is 1.62. The van der Waals surface area contributed by atoms with Gasteiger partial charge < -0.3 is 19.5 Å². The molecule has 0 aliphatic heterocycles. The highest BCUT2D eigenvalue weighted by atomic mass is 79.9. The molecule has 1 N–H and O–H groups in total. The minimum absolute atomic E-state index is 0.0114. The summed E-state index contributed by atoms with van der Waals surface area (Å²) in [6.07, 6.45) is 0.907. The lowest BCUT2D eigenvalue weighted by molar-refractivity contribution is 0.265. The van der Waals surface area contributed by atoms with Gasteiger partial charge in [-0.2, -0.15) is 0 Å². The predicted octanol–water partition coefficient (Wildman–Crippen LogP) is 6.56. The summed E-state index contributed by atoms with van der Waals surface area (Å²) in [6, 6.07) is 16.4. The number of nitrogens with one attached hydrogen (secondary N) is 1. The first-order valence-corrected chi connectivity index (χ1v) is 11.5. The number of hydrogen-bond acceptors (Lipinski definition) is 4. The summed E-state index contributed by atoms with van der Waals surface area (Å²) in [4.78, 5) is 0. The molecule has 3 aromatic rings. The van der Waals surface area contributed by atoms with Crippen LogP contribution < -0.4 is 19.5 Å². The first-order valence-electron chi connectivity index (χ1n) is 10.4. The number of rotatable bonds is 11. The number of methoxy groups -OCH3 is 1. The molecule has 3 rings (SSSR count). The SMILES string of the molecule is CCOc1cc(CNCCc2ccc(OC)cc2)c(Br)cc1OCc1c(F)cccc1Cl. The molecule has 0 aliphatic carbocycles. The lowest BCUT2D eigenvalue weighted by Crippen LogP contribution is -2.17. The average Bonchev–Trinajstić information content (AvgIpc) is 2.79. The molecule has 0 aromatic heterocycles. The van der Waals surface area contributed by atoms with Crippen molar-refractivity contribution in [3.63, 3.8) is 0 Å². The maximum absolute atomic E-state index is 14.1. The van der Waals surface area contributed by atoms with E-state index in [-0.39, 0.29) is 6.61 Å². The van der Waals surface area contributed by atoms with Gasteiger partial charge in [0.2, 0.25) is 0 Å². The van der Waals surface area contributed by atoms with Crippen LogP contribution in [-0.4, -0.2) is 20.3 Å². The van der Waals surface area contributed by atoms with E-state index in [1.165, 1.54) is 11.6 Å². The van der Waals surface area contributed by atoms with Gasteiger partial charge in [-0.15, -0.1) is 0 Å². The second-order valence-electron chi connectivity index (χ2n) is 7.09. The molecular formula is C25H26BrClFNO3. The molecule has 0 spiro atoms. The number of halogens is 3. The molecular weight excluding hydrogens is 497 g/mol. The zero-order valence-corrected chi connectivity index (χ0v) is 20.4. The number of hydrogen-bond donors (Lipinski definition) is 1. The molecule has 0 heterocycles. The maximum atomic E-state index is 14.1. The van der Waals surface area contributed by atoms with Gasteiger partial charge in [-0.1, -0.05) is 45.7 Å². The molecule has 0 unspecified atom stereocenters. The monoisotopic (exact) mass is 521 g/mol. The normalized spacial score (nSPS) is 10.8. The van der Waals surface area contributed by atoms with Crippen molar-refractivity contribution in [2.75, 3.05) is 20.3 Å². The van der Waals surface area contributed by atoms with Gasteiger partial charge in [-0.25, -0.2) is 4.39 Å². The van der Waals surface area contributed by atoms with Crippen molar-refractivity contribution in [1.29, 1.82) is 0 Å². The smallest absolute Gasteiger partial charge is 0.162 e. The van der Waals surface area contributed by atoms with Gasteiger partial charge in [0.15, 0.2) is 11.5 Å². The van der Waals surface area contributed by atoms with Crippen LogP contribution in [0, 0.1) is 5.82 Å². The zero-order valence-electron chi connectivity index (χ0n) is 18.1. The van der Waals surface area contributed by atoms with Gasteiger partial charge in [0, 0.05) is 16.6 Å². The fourth-order valence-electron chi connectivity index (χ4n) is 3.16. The first kappa shape index (κ1) is 24.4. The van der Waals surface area contributed by atoms with Crippen LogP contribution in [0.2, 0.25) is 5.02 Å². The van der Waals surface area contributed by atoms with Gasteiger partial charge in [0.25, 0.3) is 0 Å².